The van der Waals surface area contributed by atoms with Gasteiger partial charge < -0.3 is 14.7 Å². The Morgan fingerprint density at radius 1 is 1.00 bits per heavy atom. The number of rotatable bonds is 13. The number of nitrogens with zero attached hydrogens (tertiary/aromatic N) is 1. The maximum Gasteiger partial charge on any atom is 0.249 e. The maximum absolute atomic E-state index is 12.9. The average molecular weight is 558 g/mol. The summed E-state index contributed by atoms with van der Waals surface area (Å²) in [5, 5.41) is 10.2. The number of carbonyl (C=O) groups is 1. The number of fused-ring (bicyclic) bond motifs is 1. The van der Waals surface area contributed by atoms with Crippen molar-refractivity contribution in [2.75, 3.05) is 6.54 Å². The van der Waals surface area contributed by atoms with Crippen LogP contribution in [0.25, 0.3) is 0 Å². The number of amides is 1. The van der Waals surface area contributed by atoms with Crippen LogP contribution in [0.2, 0.25) is 0 Å². The Morgan fingerprint density at radius 3 is 2.29 bits per heavy atom. The van der Waals surface area contributed by atoms with Crippen molar-refractivity contribution in [2.45, 2.75) is 112 Å². The molecule has 1 heterocycles. The van der Waals surface area contributed by atoms with Crippen molar-refractivity contribution in [1.29, 1.82) is 0 Å². The molecule has 1 amide bonds. The van der Waals surface area contributed by atoms with Crippen LogP contribution in [0.5, 0.6) is 11.5 Å². The molecule has 0 radical (unpaired) electrons. The number of carbonyl (C=O) groups excluding carboxylic acids is 1. The van der Waals surface area contributed by atoms with E-state index >= 15 is 0 Å². The second-order valence-electron chi connectivity index (χ2n) is 12.1. The zero-order chi connectivity index (χ0) is 30.0. The molecular weight excluding hydrogens is 506 g/mol. The summed E-state index contributed by atoms with van der Waals surface area (Å²) >= 11 is 0. The molecule has 1 aliphatic heterocycles. The van der Waals surface area contributed by atoms with Gasteiger partial charge in [-0.15, -0.1) is 0 Å². The van der Waals surface area contributed by atoms with E-state index in [0.29, 0.717) is 18.8 Å². The number of allylic oxidation sites excluding steroid dienone is 5. The standard InChI is InChI=1S/C37H51NO3/c1-8-38(26-32-20-10-9-11-21-32)36(40)29(4)19-13-17-27(2)15-12-16-28(3)18-14-23-37(7)24-22-33-31(6)34(39)25-30(5)35(33)41-37/h9-11,15,18-21,25,39H,8,12-14,16-17,22-24,26H2,1-7H3/b27-15+,28-18+,29-19+/t37-/m1/s1. The minimum atomic E-state index is -0.169. The second kappa shape index (κ2) is 15.1. The quantitative estimate of drug-likeness (QED) is 0.197. The Labute approximate surface area is 248 Å². The fraction of sp³-hybridized carbons (Fsp3) is 0.486. The van der Waals surface area contributed by atoms with E-state index in [1.54, 1.807) is 0 Å². The van der Waals surface area contributed by atoms with Crippen LogP contribution in [0.1, 0.15) is 102 Å². The Hall–Kier alpha value is -3.27. The van der Waals surface area contributed by atoms with Crippen molar-refractivity contribution in [1.82, 2.24) is 4.90 Å². The molecule has 0 saturated heterocycles. The molecule has 0 saturated carbocycles. The van der Waals surface area contributed by atoms with E-state index < -0.39 is 0 Å². The van der Waals surface area contributed by atoms with E-state index in [1.807, 2.05) is 56.9 Å². The summed E-state index contributed by atoms with van der Waals surface area (Å²) in [6.07, 6.45) is 14.7. The fourth-order valence-electron chi connectivity index (χ4n) is 5.61. The predicted molar refractivity (Wildman–Crippen MR) is 171 cm³/mol. The van der Waals surface area contributed by atoms with Crippen LogP contribution in [0.15, 0.2) is 71.3 Å². The zero-order valence-corrected chi connectivity index (χ0v) is 26.5. The molecule has 2 aromatic rings. The van der Waals surface area contributed by atoms with Crippen molar-refractivity contribution in [2.24, 2.45) is 0 Å². The SMILES string of the molecule is CCN(Cc1ccccc1)C(=O)/C(C)=C/CC/C(C)=C/CC/C(C)=C/CC[C@]1(C)CCc2c(C)c(O)cc(C)c2O1. The molecule has 2 aromatic carbocycles. The van der Waals surface area contributed by atoms with Crippen molar-refractivity contribution in [3.63, 3.8) is 0 Å². The third-order valence-corrected chi connectivity index (χ3v) is 8.48. The van der Waals surface area contributed by atoms with Gasteiger partial charge in [0.2, 0.25) is 5.91 Å². The molecule has 0 unspecified atom stereocenters. The number of aryl methyl sites for hydroxylation is 1. The summed E-state index contributed by atoms with van der Waals surface area (Å²) in [5.74, 6) is 1.47. The molecule has 0 spiro atoms. The van der Waals surface area contributed by atoms with Crippen molar-refractivity contribution in [3.05, 3.63) is 93.6 Å². The van der Waals surface area contributed by atoms with Crippen LogP contribution >= 0.6 is 0 Å². The highest BCUT2D eigenvalue weighted by Crippen LogP contribution is 2.42. The van der Waals surface area contributed by atoms with Gasteiger partial charge in [-0.25, -0.2) is 0 Å². The molecule has 4 heteroatoms. The molecule has 1 atom stereocenters. The molecule has 0 bridgehead atoms. The normalized spacial score (nSPS) is 17.7. The molecule has 3 rings (SSSR count). The van der Waals surface area contributed by atoms with Crippen LogP contribution in [-0.2, 0) is 17.8 Å². The van der Waals surface area contributed by atoms with Crippen LogP contribution in [-0.4, -0.2) is 28.1 Å². The summed E-state index contributed by atoms with van der Waals surface area (Å²) < 4.78 is 6.52. The lowest BCUT2D eigenvalue weighted by Crippen LogP contribution is -2.36. The number of aromatic hydroxyl groups is 1. The first-order chi connectivity index (χ1) is 19.5. The minimum Gasteiger partial charge on any atom is -0.508 e. The number of phenolic OH excluding ortho intramolecular Hbond substituents is 1. The first kappa shape index (κ1) is 32.2. The molecule has 1 N–H and O–H groups in total. The Bertz CT molecular complexity index is 1270. The summed E-state index contributed by atoms with van der Waals surface area (Å²) in [4.78, 5) is 14.8. The zero-order valence-electron chi connectivity index (χ0n) is 26.5. The third-order valence-electron chi connectivity index (χ3n) is 8.48. The predicted octanol–water partition coefficient (Wildman–Crippen LogP) is 9.32. The molecule has 4 nitrogen and oxygen atoms in total. The van der Waals surface area contributed by atoms with Crippen LogP contribution < -0.4 is 4.74 Å². The average Bonchev–Trinajstić information content (AvgIpc) is 2.94. The van der Waals surface area contributed by atoms with Gasteiger partial charge in [0, 0.05) is 24.2 Å². The lowest BCUT2D eigenvalue weighted by atomic mass is 9.86. The number of benzene rings is 2. The first-order valence-electron chi connectivity index (χ1n) is 15.3. The van der Waals surface area contributed by atoms with Crippen molar-refractivity contribution < 1.29 is 14.6 Å². The molecule has 0 fully saturated rings. The van der Waals surface area contributed by atoms with Gasteiger partial charge in [0.1, 0.15) is 17.1 Å². The molecular formula is C37H51NO3. The van der Waals surface area contributed by atoms with E-state index in [1.165, 1.54) is 11.1 Å². The highest BCUT2D eigenvalue weighted by Gasteiger charge is 2.33. The van der Waals surface area contributed by atoms with Gasteiger partial charge in [-0.05, 0) is 123 Å². The highest BCUT2D eigenvalue weighted by atomic mass is 16.5. The van der Waals surface area contributed by atoms with Crippen LogP contribution in [0.4, 0.5) is 0 Å². The molecule has 0 aliphatic carbocycles. The minimum absolute atomic E-state index is 0.125. The topological polar surface area (TPSA) is 49.8 Å². The van der Waals surface area contributed by atoms with Gasteiger partial charge in [0.25, 0.3) is 0 Å². The number of hydrogen-bond donors (Lipinski definition) is 1. The van der Waals surface area contributed by atoms with Crippen molar-refractivity contribution in [3.8, 4) is 11.5 Å². The number of ether oxygens (including phenoxy) is 1. The monoisotopic (exact) mass is 557 g/mol. The van der Waals surface area contributed by atoms with E-state index in [0.717, 1.165) is 84.9 Å². The largest absolute Gasteiger partial charge is 0.508 e. The lowest BCUT2D eigenvalue weighted by molar-refractivity contribution is -0.127. The highest BCUT2D eigenvalue weighted by molar-refractivity contribution is 5.92. The Kier molecular flexibility index (Phi) is 11.9. The Balaban J connectivity index is 1.41. The number of likely N-dealkylation sites (N-methyl/N-ethyl adjacent to an activating group) is 1. The van der Waals surface area contributed by atoms with Gasteiger partial charge in [-0.2, -0.15) is 0 Å². The van der Waals surface area contributed by atoms with E-state index in [9.17, 15) is 9.90 Å². The van der Waals surface area contributed by atoms with Gasteiger partial charge in [-0.3, -0.25) is 4.79 Å². The fourth-order valence-corrected chi connectivity index (χ4v) is 5.61. The van der Waals surface area contributed by atoms with Crippen LogP contribution in [0.3, 0.4) is 0 Å². The summed E-state index contributed by atoms with van der Waals surface area (Å²) in [7, 11) is 0. The molecule has 222 valence electrons. The van der Waals surface area contributed by atoms with Gasteiger partial charge in [0.05, 0.1) is 0 Å². The maximum atomic E-state index is 12.9. The first-order valence-corrected chi connectivity index (χ1v) is 15.3. The van der Waals surface area contributed by atoms with E-state index in [2.05, 4.69) is 51.1 Å². The summed E-state index contributed by atoms with van der Waals surface area (Å²) in [6.45, 7) is 16.0. The number of hydrogen-bond acceptors (Lipinski definition) is 3. The van der Waals surface area contributed by atoms with Crippen molar-refractivity contribution >= 4 is 5.91 Å². The van der Waals surface area contributed by atoms with Gasteiger partial charge in [0.15, 0.2) is 0 Å². The van der Waals surface area contributed by atoms with Gasteiger partial charge >= 0.3 is 0 Å². The lowest BCUT2D eigenvalue weighted by Gasteiger charge is -2.37. The smallest absolute Gasteiger partial charge is 0.249 e. The summed E-state index contributed by atoms with van der Waals surface area (Å²) in [6, 6.07) is 12.0. The van der Waals surface area contributed by atoms with E-state index in [-0.39, 0.29) is 11.5 Å². The summed E-state index contributed by atoms with van der Waals surface area (Å²) in [5.41, 5.74) is 7.76. The molecule has 0 aromatic heterocycles. The Morgan fingerprint density at radius 2 is 1.63 bits per heavy atom. The third kappa shape index (κ3) is 9.38. The van der Waals surface area contributed by atoms with Gasteiger partial charge in [-0.1, -0.05) is 59.7 Å². The second-order valence-corrected chi connectivity index (χ2v) is 12.1. The molecule has 41 heavy (non-hydrogen) atoms. The molecule has 1 aliphatic rings. The number of phenols is 1. The van der Waals surface area contributed by atoms with Crippen LogP contribution in [0, 0.1) is 13.8 Å². The van der Waals surface area contributed by atoms with E-state index in [4.69, 9.17) is 4.74 Å².